The first-order chi connectivity index (χ1) is 8.80. The van der Waals surface area contributed by atoms with Crippen LogP contribution in [0.2, 0.25) is 0 Å². The van der Waals surface area contributed by atoms with Gasteiger partial charge < -0.3 is 10.3 Å². The number of aromatic nitrogens is 1. The van der Waals surface area contributed by atoms with E-state index in [1.807, 2.05) is 0 Å². The van der Waals surface area contributed by atoms with Gasteiger partial charge >= 0.3 is 5.38 Å². The van der Waals surface area contributed by atoms with Crippen LogP contribution >= 0.6 is 11.6 Å². The van der Waals surface area contributed by atoms with E-state index in [0.29, 0.717) is 0 Å². The molecule has 0 aliphatic rings. The summed E-state index contributed by atoms with van der Waals surface area (Å²) in [6.45, 7) is 0. The first-order valence-corrected chi connectivity index (χ1v) is 5.31. The summed E-state index contributed by atoms with van der Waals surface area (Å²) in [4.78, 5) is 11.2. The molecule has 1 amide bonds. The number of nitrogens with zero attached hydrogens (tertiary/aromatic N) is 1. The Kier molecular flexibility index (Phi) is 3.23. The van der Waals surface area contributed by atoms with Crippen molar-refractivity contribution < 1.29 is 22.5 Å². The lowest BCUT2D eigenvalue weighted by Crippen LogP contribution is -2.17. The average molecular weight is 291 g/mol. The van der Waals surface area contributed by atoms with Gasteiger partial charge in [-0.3, -0.25) is 4.79 Å². The number of nitrogens with two attached hydrogens (primary N) is 1. The molecule has 0 bridgehead atoms. The van der Waals surface area contributed by atoms with Crippen LogP contribution in [0.1, 0.15) is 16.1 Å². The lowest BCUT2D eigenvalue weighted by molar-refractivity contribution is 0.0587. The Morgan fingerprint density at radius 2 is 2.11 bits per heavy atom. The monoisotopic (exact) mass is 290 g/mol. The van der Waals surface area contributed by atoms with E-state index in [2.05, 4.69) is 9.68 Å². The number of rotatable bonds is 3. The second-order valence-electron chi connectivity index (χ2n) is 3.61. The number of primary amides is 1. The summed E-state index contributed by atoms with van der Waals surface area (Å²) in [7, 11) is 0. The second kappa shape index (κ2) is 4.58. The minimum Gasteiger partial charge on any atom is -0.365 e. The van der Waals surface area contributed by atoms with Crippen molar-refractivity contribution in [2.24, 2.45) is 5.73 Å². The van der Waals surface area contributed by atoms with Crippen LogP contribution in [-0.2, 0) is 5.38 Å². The number of carbonyl (C=O) groups is 1. The molecule has 1 aromatic carbocycles. The fraction of sp³-hybridized carbons (Fsp3) is 0.0909. The highest BCUT2D eigenvalue weighted by atomic mass is 35.5. The molecular weight excluding hydrogens is 285 g/mol. The molecule has 100 valence electrons. The zero-order valence-corrected chi connectivity index (χ0v) is 9.92. The Bertz CT molecular complexity index is 637. The Morgan fingerprint density at radius 3 is 2.63 bits per heavy atom. The maximum atomic E-state index is 13.1. The Balaban J connectivity index is 2.66. The number of alkyl halides is 3. The lowest BCUT2D eigenvalue weighted by atomic mass is 10.1. The topological polar surface area (TPSA) is 69.1 Å². The molecule has 0 aliphatic carbocycles. The highest BCUT2D eigenvalue weighted by Gasteiger charge is 2.40. The molecule has 0 saturated heterocycles. The number of amides is 1. The predicted octanol–water partition coefficient (Wildman–Crippen LogP) is 2.87. The van der Waals surface area contributed by atoms with Crippen molar-refractivity contribution in [1.82, 2.24) is 5.16 Å². The van der Waals surface area contributed by atoms with Crippen LogP contribution in [0.3, 0.4) is 0 Å². The molecule has 0 spiro atoms. The molecule has 2 rings (SSSR count). The summed E-state index contributed by atoms with van der Waals surface area (Å²) in [6, 6.07) is 4.83. The highest BCUT2D eigenvalue weighted by Crippen LogP contribution is 2.38. The molecule has 0 fully saturated rings. The van der Waals surface area contributed by atoms with Crippen LogP contribution in [0.4, 0.5) is 13.2 Å². The van der Waals surface area contributed by atoms with E-state index in [1.54, 1.807) is 0 Å². The molecule has 0 atom stereocenters. The SMILES string of the molecule is NC(=O)c1c(-c2cccc(F)c2)noc1C(F)(F)Cl. The van der Waals surface area contributed by atoms with Crippen LogP contribution in [0.25, 0.3) is 11.3 Å². The van der Waals surface area contributed by atoms with Gasteiger partial charge in [0, 0.05) is 5.56 Å². The van der Waals surface area contributed by atoms with Crippen LogP contribution in [0.15, 0.2) is 28.8 Å². The molecule has 1 aromatic heterocycles. The van der Waals surface area contributed by atoms with Gasteiger partial charge in [-0.2, -0.15) is 8.78 Å². The van der Waals surface area contributed by atoms with Gasteiger partial charge in [0.25, 0.3) is 5.91 Å². The summed E-state index contributed by atoms with van der Waals surface area (Å²) < 4.78 is 43.5. The van der Waals surface area contributed by atoms with Gasteiger partial charge in [0.15, 0.2) is 0 Å². The number of halogens is 4. The van der Waals surface area contributed by atoms with Crippen LogP contribution in [0, 0.1) is 5.82 Å². The summed E-state index contributed by atoms with van der Waals surface area (Å²) in [5.41, 5.74) is 4.12. The second-order valence-corrected chi connectivity index (χ2v) is 4.08. The zero-order chi connectivity index (χ0) is 14.2. The third-order valence-electron chi connectivity index (χ3n) is 2.29. The van der Waals surface area contributed by atoms with Gasteiger partial charge in [-0.05, 0) is 23.7 Å². The molecule has 1 heterocycles. The van der Waals surface area contributed by atoms with Gasteiger partial charge in [-0.15, -0.1) is 0 Å². The van der Waals surface area contributed by atoms with E-state index >= 15 is 0 Å². The van der Waals surface area contributed by atoms with Crippen molar-refractivity contribution in [3.63, 3.8) is 0 Å². The Hall–Kier alpha value is -2.02. The maximum absolute atomic E-state index is 13.1. The third-order valence-corrected chi connectivity index (χ3v) is 2.47. The summed E-state index contributed by atoms with van der Waals surface area (Å²) in [6.07, 6.45) is 0. The maximum Gasteiger partial charge on any atom is 0.383 e. The highest BCUT2D eigenvalue weighted by molar-refractivity contribution is 6.22. The number of carbonyl (C=O) groups excluding carboxylic acids is 1. The van der Waals surface area contributed by atoms with Crippen LogP contribution in [-0.4, -0.2) is 11.1 Å². The number of hydrogen-bond donors (Lipinski definition) is 1. The van der Waals surface area contributed by atoms with E-state index in [9.17, 15) is 18.0 Å². The Labute approximate surface area is 109 Å². The van der Waals surface area contributed by atoms with E-state index in [4.69, 9.17) is 17.3 Å². The smallest absolute Gasteiger partial charge is 0.365 e. The zero-order valence-electron chi connectivity index (χ0n) is 9.16. The number of benzene rings is 1. The minimum absolute atomic E-state index is 0.0738. The summed E-state index contributed by atoms with van der Waals surface area (Å²) in [5, 5.41) is -0.633. The molecule has 0 radical (unpaired) electrons. The van der Waals surface area contributed by atoms with Crippen LogP contribution < -0.4 is 5.73 Å². The molecule has 0 aliphatic heterocycles. The molecule has 19 heavy (non-hydrogen) atoms. The largest absolute Gasteiger partial charge is 0.383 e. The normalized spacial score (nSPS) is 11.6. The summed E-state index contributed by atoms with van der Waals surface area (Å²) in [5.74, 6) is -2.99. The van der Waals surface area contributed by atoms with Gasteiger partial charge in [0.05, 0.1) is 0 Å². The number of hydrogen-bond acceptors (Lipinski definition) is 3. The van der Waals surface area contributed by atoms with E-state index in [1.165, 1.54) is 12.1 Å². The van der Waals surface area contributed by atoms with Crippen molar-refractivity contribution in [2.45, 2.75) is 5.38 Å². The fourth-order valence-electron chi connectivity index (χ4n) is 1.55. The van der Waals surface area contributed by atoms with Crippen molar-refractivity contribution >= 4 is 17.5 Å². The minimum atomic E-state index is -3.94. The van der Waals surface area contributed by atoms with E-state index < -0.39 is 28.4 Å². The van der Waals surface area contributed by atoms with Gasteiger partial charge in [-0.1, -0.05) is 17.3 Å². The first-order valence-electron chi connectivity index (χ1n) is 4.93. The standard InChI is InChI=1S/C11H6ClF3N2O2/c12-11(14,15)9-7(10(16)18)8(17-19-9)5-2-1-3-6(13)4-5/h1-4H,(H2,16,18). The van der Waals surface area contributed by atoms with Crippen molar-refractivity contribution in [1.29, 1.82) is 0 Å². The van der Waals surface area contributed by atoms with Crippen molar-refractivity contribution in [2.75, 3.05) is 0 Å². The van der Waals surface area contributed by atoms with Gasteiger partial charge in [-0.25, -0.2) is 4.39 Å². The van der Waals surface area contributed by atoms with E-state index in [-0.39, 0.29) is 11.3 Å². The molecular formula is C11H6ClF3N2O2. The molecule has 4 nitrogen and oxygen atoms in total. The molecule has 8 heteroatoms. The Morgan fingerprint density at radius 1 is 1.42 bits per heavy atom. The third kappa shape index (κ3) is 2.55. The summed E-state index contributed by atoms with van der Waals surface area (Å²) >= 11 is 4.79. The molecule has 0 saturated carbocycles. The molecule has 0 unspecified atom stereocenters. The molecule has 2 N–H and O–H groups in total. The van der Waals surface area contributed by atoms with E-state index in [0.717, 1.165) is 12.1 Å². The predicted molar refractivity (Wildman–Crippen MR) is 60.2 cm³/mol. The fourth-order valence-corrected chi connectivity index (χ4v) is 1.67. The van der Waals surface area contributed by atoms with Crippen molar-refractivity contribution in [3.05, 3.63) is 41.4 Å². The average Bonchev–Trinajstić information content (AvgIpc) is 2.72. The van der Waals surface area contributed by atoms with Gasteiger partial charge in [0.2, 0.25) is 5.76 Å². The first kappa shape index (κ1) is 13.4. The van der Waals surface area contributed by atoms with Crippen LogP contribution in [0.5, 0.6) is 0 Å². The van der Waals surface area contributed by atoms with Crippen molar-refractivity contribution in [3.8, 4) is 11.3 Å². The lowest BCUT2D eigenvalue weighted by Gasteiger charge is -2.04. The van der Waals surface area contributed by atoms with Gasteiger partial charge in [0.1, 0.15) is 17.1 Å². The molecule has 2 aromatic rings. The quantitative estimate of drug-likeness (QED) is 0.884.